The Morgan fingerprint density at radius 1 is 1.30 bits per heavy atom. The number of hydrogen-bond acceptors (Lipinski definition) is 6. The number of rotatable bonds is 4. The Hall–Kier alpha value is -2.86. The van der Waals surface area contributed by atoms with Gasteiger partial charge in [0.2, 0.25) is 5.95 Å². The van der Waals surface area contributed by atoms with Crippen molar-refractivity contribution in [2.45, 2.75) is 38.0 Å². The van der Waals surface area contributed by atoms with E-state index in [-0.39, 0.29) is 23.2 Å². The Labute approximate surface area is 195 Å². The molecule has 0 spiro atoms. The SMILES string of the molecule is COC(=O)Nc1ccc2c(-c3nc(N[C@H]4CC[C@@H](C)NC4)ncc3C(F)(F)F)c[nH]c2c1Br. The molecule has 3 heterocycles. The van der Waals surface area contributed by atoms with Crippen molar-refractivity contribution in [1.82, 2.24) is 20.3 Å². The molecule has 3 aromatic rings. The molecule has 1 amide bonds. The van der Waals surface area contributed by atoms with Crippen LogP contribution >= 0.6 is 15.9 Å². The highest BCUT2D eigenvalue weighted by atomic mass is 79.9. The Bertz CT molecular complexity index is 1170. The number of alkyl halides is 3. The van der Waals surface area contributed by atoms with Crippen LogP contribution in [0.2, 0.25) is 0 Å². The van der Waals surface area contributed by atoms with Crippen molar-refractivity contribution in [2.24, 2.45) is 0 Å². The largest absolute Gasteiger partial charge is 0.453 e. The lowest BCUT2D eigenvalue weighted by molar-refractivity contribution is -0.137. The number of benzene rings is 1. The topological polar surface area (TPSA) is 104 Å². The fourth-order valence-electron chi connectivity index (χ4n) is 3.79. The summed E-state index contributed by atoms with van der Waals surface area (Å²) in [6.45, 7) is 2.76. The molecule has 0 radical (unpaired) electrons. The summed E-state index contributed by atoms with van der Waals surface area (Å²) in [5.41, 5.74) is 0.0122. The lowest BCUT2D eigenvalue weighted by Crippen LogP contribution is -2.43. The second kappa shape index (κ2) is 9.18. The smallest absolute Gasteiger partial charge is 0.419 e. The van der Waals surface area contributed by atoms with Crippen molar-refractivity contribution < 1.29 is 22.7 Å². The van der Waals surface area contributed by atoms with Crippen molar-refractivity contribution in [2.75, 3.05) is 24.3 Å². The molecule has 1 aromatic carbocycles. The van der Waals surface area contributed by atoms with Gasteiger partial charge in [0.15, 0.2) is 0 Å². The molecule has 33 heavy (non-hydrogen) atoms. The number of piperidine rings is 1. The van der Waals surface area contributed by atoms with Gasteiger partial charge < -0.3 is 20.4 Å². The number of halogens is 4. The van der Waals surface area contributed by atoms with Gasteiger partial charge in [-0.3, -0.25) is 5.32 Å². The highest BCUT2D eigenvalue weighted by molar-refractivity contribution is 9.10. The monoisotopic (exact) mass is 526 g/mol. The van der Waals surface area contributed by atoms with Crippen molar-refractivity contribution in [3.05, 3.63) is 34.6 Å². The number of aromatic amines is 1. The maximum atomic E-state index is 13.8. The van der Waals surface area contributed by atoms with E-state index in [9.17, 15) is 18.0 Å². The van der Waals surface area contributed by atoms with Gasteiger partial charge in [0, 0.05) is 42.0 Å². The molecule has 2 atom stereocenters. The summed E-state index contributed by atoms with van der Waals surface area (Å²) >= 11 is 3.39. The van der Waals surface area contributed by atoms with Gasteiger partial charge in [0.05, 0.1) is 28.5 Å². The van der Waals surface area contributed by atoms with Gasteiger partial charge in [-0.1, -0.05) is 6.07 Å². The average molecular weight is 527 g/mol. The number of nitrogens with zero attached hydrogens (tertiary/aromatic N) is 2. The molecule has 2 aromatic heterocycles. The molecule has 12 heteroatoms. The van der Waals surface area contributed by atoms with Crippen LogP contribution in [0.5, 0.6) is 0 Å². The Morgan fingerprint density at radius 2 is 2.09 bits per heavy atom. The first-order valence-corrected chi connectivity index (χ1v) is 11.1. The molecule has 4 rings (SSSR count). The first-order chi connectivity index (χ1) is 15.7. The summed E-state index contributed by atoms with van der Waals surface area (Å²) in [5, 5.41) is 9.53. The van der Waals surface area contributed by atoms with Gasteiger partial charge in [-0.25, -0.2) is 14.8 Å². The normalized spacial score (nSPS) is 18.8. The first-order valence-electron chi connectivity index (χ1n) is 10.3. The zero-order valence-electron chi connectivity index (χ0n) is 17.8. The number of H-pyrrole nitrogens is 1. The van der Waals surface area contributed by atoms with Crippen LogP contribution in [0.3, 0.4) is 0 Å². The highest BCUT2D eigenvalue weighted by Crippen LogP contribution is 2.41. The summed E-state index contributed by atoms with van der Waals surface area (Å²) in [5.74, 6) is 0.136. The molecule has 1 aliphatic heterocycles. The van der Waals surface area contributed by atoms with E-state index in [2.05, 4.69) is 58.5 Å². The molecular weight excluding hydrogens is 505 g/mol. The van der Waals surface area contributed by atoms with Crippen molar-refractivity contribution in [3.8, 4) is 11.3 Å². The number of ether oxygens (including phenoxy) is 1. The van der Waals surface area contributed by atoms with E-state index in [1.807, 2.05) is 0 Å². The zero-order valence-corrected chi connectivity index (χ0v) is 19.4. The predicted molar refractivity (Wildman–Crippen MR) is 122 cm³/mol. The summed E-state index contributed by atoms with van der Waals surface area (Å²) in [6, 6.07) is 3.60. The second-order valence-corrected chi connectivity index (χ2v) is 8.64. The summed E-state index contributed by atoms with van der Waals surface area (Å²) in [7, 11) is 1.23. The minimum atomic E-state index is -4.64. The number of carbonyl (C=O) groups is 1. The van der Waals surface area contributed by atoms with E-state index in [1.54, 1.807) is 12.1 Å². The lowest BCUT2D eigenvalue weighted by Gasteiger charge is -2.28. The number of hydrogen-bond donors (Lipinski definition) is 4. The van der Waals surface area contributed by atoms with Crippen LogP contribution in [0, 0.1) is 0 Å². The second-order valence-electron chi connectivity index (χ2n) is 7.85. The van der Waals surface area contributed by atoms with E-state index in [0.29, 0.717) is 33.6 Å². The van der Waals surface area contributed by atoms with Gasteiger partial charge in [-0.2, -0.15) is 13.2 Å². The van der Waals surface area contributed by atoms with E-state index in [4.69, 9.17) is 0 Å². The van der Waals surface area contributed by atoms with E-state index in [0.717, 1.165) is 19.0 Å². The number of anilines is 2. The minimum Gasteiger partial charge on any atom is -0.453 e. The zero-order chi connectivity index (χ0) is 23.8. The molecule has 1 aliphatic rings. The van der Waals surface area contributed by atoms with E-state index in [1.165, 1.54) is 13.3 Å². The van der Waals surface area contributed by atoms with Crippen LogP contribution in [-0.2, 0) is 10.9 Å². The number of carbonyl (C=O) groups excluding carboxylic acids is 1. The molecule has 1 saturated heterocycles. The Morgan fingerprint density at radius 3 is 2.76 bits per heavy atom. The first kappa shape index (κ1) is 23.3. The summed E-state index contributed by atoms with van der Waals surface area (Å²) in [6.07, 6.45) is -1.22. The number of aromatic nitrogens is 3. The fourth-order valence-corrected chi connectivity index (χ4v) is 4.35. The van der Waals surface area contributed by atoms with Crippen molar-refractivity contribution >= 4 is 44.6 Å². The molecule has 8 nitrogen and oxygen atoms in total. The third-order valence-corrected chi connectivity index (χ3v) is 6.38. The number of methoxy groups -OCH3 is 1. The minimum absolute atomic E-state index is 0.0230. The van der Waals surface area contributed by atoms with Gasteiger partial charge >= 0.3 is 12.3 Å². The van der Waals surface area contributed by atoms with Gasteiger partial charge in [-0.05, 0) is 41.8 Å². The van der Waals surface area contributed by atoms with Crippen LogP contribution in [0.4, 0.5) is 29.6 Å². The van der Waals surface area contributed by atoms with Crippen LogP contribution in [0.15, 0.2) is 29.0 Å². The van der Waals surface area contributed by atoms with Gasteiger partial charge in [0.1, 0.15) is 5.56 Å². The number of nitrogens with one attached hydrogen (secondary N) is 4. The molecule has 0 saturated carbocycles. The molecule has 0 unspecified atom stereocenters. The molecular formula is C21H22BrF3N6O2. The van der Waals surface area contributed by atoms with Crippen LogP contribution in [0.25, 0.3) is 22.2 Å². The van der Waals surface area contributed by atoms with E-state index >= 15 is 0 Å². The quantitative estimate of drug-likeness (QED) is 0.375. The maximum absolute atomic E-state index is 13.8. The van der Waals surface area contributed by atoms with Gasteiger partial charge in [0.25, 0.3) is 0 Å². The highest BCUT2D eigenvalue weighted by Gasteiger charge is 2.36. The molecule has 1 fully saturated rings. The number of fused-ring (bicyclic) bond motifs is 1. The fraction of sp³-hybridized carbons (Fsp3) is 0.381. The maximum Gasteiger partial charge on any atom is 0.419 e. The van der Waals surface area contributed by atoms with Crippen LogP contribution in [0.1, 0.15) is 25.3 Å². The predicted octanol–water partition coefficient (Wildman–Crippen LogP) is 5.14. The lowest BCUT2D eigenvalue weighted by atomic mass is 10.0. The molecule has 4 N–H and O–H groups in total. The van der Waals surface area contributed by atoms with Crippen molar-refractivity contribution in [1.29, 1.82) is 0 Å². The van der Waals surface area contributed by atoms with Gasteiger partial charge in [-0.15, -0.1) is 0 Å². The standard InChI is InChI=1S/C21H22BrF3N6O2/c1-10-3-4-11(7-26-10)29-19-28-9-14(21(23,24)25)17(31-19)13-8-27-18-12(13)5-6-15(16(18)22)30-20(32)33-2/h5-6,8-11,26-27H,3-4,7H2,1-2H3,(H,30,32)(H,28,29,31)/t10-,11+/m1/s1. The molecule has 176 valence electrons. The van der Waals surface area contributed by atoms with Crippen LogP contribution < -0.4 is 16.0 Å². The van der Waals surface area contributed by atoms with E-state index < -0.39 is 17.8 Å². The number of amides is 1. The third kappa shape index (κ3) is 4.91. The molecule has 0 aliphatic carbocycles. The Balaban J connectivity index is 1.74. The average Bonchev–Trinajstić information content (AvgIpc) is 3.21. The molecule has 0 bridgehead atoms. The summed E-state index contributed by atoms with van der Waals surface area (Å²) in [4.78, 5) is 22.7. The van der Waals surface area contributed by atoms with Crippen molar-refractivity contribution in [3.63, 3.8) is 0 Å². The third-order valence-electron chi connectivity index (χ3n) is 5.56. The Kier molecular flexibility index (Phi) is 6.48. The van der Waals surface area contributed by atoms with Crippen LogP contribution in [-0.4, -0.2) is 46.8 Å². The summed E-state index contributed by atoms with van der Waals surface area (Å²) < 4.78 is 46.5.